The van der Waals surface area contributed by atoms with E-state index in [2.05, 4.69) is 10.3 Å². The van der Waals surface area contributed by atoms with Crippen molar-refractivity contribution in [2.45, 2.75) is 23.8 Å². The van der Waals surface area contributed by atoms with Crippen LogP contribution in [0.3, 0.4) is 0 Å². The highest BCUT2D eigenvalue weighted by Gasteiger charge is 2.38. The zero-order valence-corrected chi connectivity index (χ0v) is 12.0. The van der Waals surface area contributed by atoms with Gasteiger partial charge in [-0.3, -0.25) is 4.98 Å². The maximum atomic E-state index is 12.7. The average Bonchev–Trinajstić information content (AvgIpc) is 3.23. The molecule has 1 N–H and O–H groups in total. The molecule has 1 fully saturated rings. The number of methoxy groups -OCH3 is 1. The Morgan fingerprint density at radius 2 is 2.26 bits per heavy atom. The van der Waals surface area contributed by atoms with E-state index < -0.39 is 10.0 Å². The Labute approximate surface area is 113 Å². The molecule has 7 heteroatoms. The summed E-state index contributed by atoms with van der Waals surface area (Å²) < 4.78 is 31.9. The number of ether oxygens (including phenoxy) is 1. The van der Waals surface area contributed by atoms with Gasteiger partial charge in [-0.2, -0.15) is 4.31 Å². The van der Waals surface area contributed by atoms with Crippen molar-refractivity contribution in [3.05, 3.63) is 18.5 Å². The molecule has 1 aliphatic rings. The molecular formula is C12H19N3O3S. The van der Waals surface area contributed by atoms with Crippen LogP contribution in [0.5, 0.6) is 0 Å². The first-order valence-corrected chi connectivity index (χ1v) is 7.68. The van der Waals surface area contributed by atoms with Crippen LogP contribution in [-0.4, -0.2) is 51.1 Å². The van der Waals surface area contributed by atoms with Gasteiger partial charge in [-0.1, -0.05) is 0 Å². The number of hydrogen-bond donors (Lipinski definition) is 1. The van der Waals surface area contributed by atoms with Crippen molar-refractivity contribution in [3.63, 3.8) is 0 Å². The summed E-state index contributed by atoms with van der Waals surface area (Å²) in [6, 6.07) is 1.76. The van der Waals surface area contributed by atoms with Gasteiger partial charge in [0.2, 0.25) is 10.0 Å². The average molecular weight is 285 g/mol. The van der Waals surface area contributed by atoms with E-state index in [1.165, 1.54) is 10.5 Å². The highest BCUT2D eigenvalue weighted by molar-refractivity contribution is 7.89. The van der Waals surface area contributed by atoms with Crippen molar-refractivity contribution in [3.8, 4) is 0 Å². The highest BCUT2D eigenvalue weighted by Crippen LogP contribution is 2.33. The Kier molecular flexibility index (Phi) is 4.38. The van der Waals surface area contributed by atoms with Gasteiger partial charge in [-0.05, 0) is 18.9 Å². The van der Waals surface area contributed by atoms with E-state index in [0.29, 0.717) is 18.8 Å². The Balaban J connectivity index is 2.33. The number of anilines is 1. The second kappa shape index (κ2) is 5.85. The predicted molar refractivity (Wildman–Crippen MR) is 72.6 cm³/mol. The van der Waals surface area contributed by atoms with Crippen LogP contribution in [0.4, 0.5) is 5.69 Å². The van der Waals surface area contributed by atoms with Crippen LogP contribution in [0.1, 0.15) is 12.8 Å². The standard InChI is InChI=1S/C12H19N3O3S/c1-13-11-5-6-14-9-12(11)19(16,17)15(7-8-18-2)10-3-4-10/h5-6,9-10H,3-4,7-8H2,1-2H3,(H,13,14). The first-order chi connectivity index (χ1) is 9.11. The van der Waals surface area contributed by atoms with Crippen LogP contribution in [0, 0.1) is 0 Å². The summed E-state index contributed by atoms with van der Waals surface area (Å²) in [5.41, 5.74) is 0.568. The van der Waals surface area contributed by atoms with E-state index in [1.807, 2.05) is 0 Å². The lowest BCUT2D eigenvalue weighted by molar-refractivity contribution is 0.177. The van der Waals surface area contributed by atoms with Crippen LogP contribution in [0.15, 0.2) is 23.4 Å². The minimum absolute atomic E-state index is 0.102. The highest BCUT2D eigenvalue weighted by atomic mass is 32.2. The maximum absolute atomic E-state index is 12.7. The molecule has 1 aromatic heterocycles. The van der Waals surface area contributed by atoms with E-state index in [1.54, 1.807) is 26.4 Å². The van der Waals surface area contributed by atoms with Gasteiger partial charge in [0.05, 0.1) is 12.3 Å². The van der Waals surface area contributed by atoms with Crippen molar-refractivity contribution in [2.24, 2.45) is 0 Å². The fourth-order valence-electron chi connectivity index (χ4n) is 1.96. The summed E-state index contributed by atoms with van der Waals surface area (Å²) in [5.74, 6) is 0. The van der Waals surface area contributed by atoms with Gasteiger partial charge in [0.25, 0.3) is 0 Å². The van der Waals surface area contributed by atoms with E-state index in [-0.39, 0.29) is 10.9 Å². The molecular weight excluding hydrogens is 266 g/mol. The monoisotopic (exact) mass is 285 g/mol. The number of hydrogen-bond acceptors (Lipinski definition) is 5. The molecule has 0 aliphatic heterocycles. The lowest BCUT2D eigenvalue weighted by Crippen LogP contribution is -2.36. The summed E-state index contributed by atoms with van der Waals surface area (Å²) in [4.78, 5) is 4.15. The third-order valence-electron chi connectivity index (χ3n) is 3.11. The molecule has 19 heavy (non-hydrogen) atoms. The fraction of sp³-hybridized carbons (Fsp3) is 0.583. The zero-order chi connectivity index (χ0) is 13.9. The normalized spacial score (nSPS) is 15.7. The number of rotatable bonds is 7. The van der Waals surface area contributed by atoms with Gasteiger partial charge >= 0.3 is 0 Å². The molecule has 1 aromatic rings. The number of pyridine rings is 1. The maximum Gasteiger partial charge on any atom is 0.246 e. The number of nitrogens with one attached hydrogen (secondary N) is 1. The number of sulfonamides is 1. The smallest absolute Gasteiger partial charge is 0.246 e. The lowest BCUT2D eigenvalue weighted by Gasteiger charge is -2.22. The van der Waals surface area contributed by atoms with Crippen molar-refractivity contribution < 1.29 is 13.2 Å². The first-order valence-electron chi connectivity index (χ1n) is 6.23. The van der Waals surface area contributed by atoms with Crippen LogP contribution in [0.25, 0.3) is 0 Å². The summed E-state index contributed by atoms with van der Waals surface area (Å²) in [5, 5.41) is 2.89. The summed E-state index contributed by atoms with van der Waals surface area (Å²) in [6.45, 7) is 0.770. The predicted octanol–water partition coefficient (Wildman–Crippen LogP) is 0.923. The van der Waals surface area contributed by atoms with E-state index in [4.69, 9.17) is 4.74 Å². The molecule has 0 atom stereocenters. The molecule has 0 amide bonds. The van der Waals surface area contributed by atoms with Crippen LogP contribution >= 0.6 is 0 Å². The lowest BCUT2D eigenvalue weighted by atomic mass is 10.4. The molecule has 1 heterocycles. The van der Waals surface area contributed by atoms with Gasteiger partial charge in [0, 0.05) is 39.1 Å². The van der Waals surface area contributed by atoms with E-state index >= 15 is 0 Å². The molecule has 0 spiro atoms. The molecule has 1 saturated carbocycles. The minimum Gasteiger partial charge on any atom is -0.387 e. The largest absolute Gasteiger partial charge is 0.387 e. The van der Waals surface area contributed by atoms with Crippen LogP contribution in [0.2, 0.25) is 0 Å². The molecule has 1 aliphatic carbocycles. The van der Waals surface area contributed by atoms with E-state index in [9.17, 15) is 8.42 Å². The van der Waals surface area contributed by atoms with Gasteiger partial charge in [-0.15, -0.1) is 0 Å². The second-order valence-corrected chi connectivity index (χ2v) is 6.32. The van der Waals surface area contributed by atoms with Crippen molar-refractivity contribution in [1.29, 1.82) is 0 Å². The van der Waals surface area contributed by atoms with E-state index in [0.717, 1.165) is 12.8 Å². The van der Waals surface area contributed by atoms with Gasteiger partial charge in [0.15, 0.2) is 0 Å². The molecule has 2 rings (SSSR count). The summed E-state index contributed by atoms with van der Waals surface area (Å²) in [7, 11) is -0.255. The molecule has 0 unspecified atom stereocenters. The molecule has 106 valence electrons. The van der Waals surface area contributed by atoms with Gasteiger partial charge < -0.3 is 10.1 Å². The zero-order valence-electron chi connectivity index (χ0n) is 11.2. The van der Waals surface area contributed by atoms with Crippen LogP contribution in [-0.2, 0) is 14.8 Å². The Hall–Kier alpha value is -1.18. The summed E-state index contributed by atoms with van der Waals surface area (Å²) >= 11 is 0. The Morgan fingerprint density at radius 3 is 2.84 bits per heavy atom. The van der Waals surface area contributed by atoms with Crippen molar-refractivity contribution >= 4 is 15.7 Å². The number of nitrogens with zero attached hydrogens (tertiary/aromatic N) is 2. The summed E-state index contributed by atoms with van der Waals surface area (Å²) in [6.07, 6.45) is 4.79. The topological polar surface area (TPSA) is 71.5 Å². The fourth-order valence-corrected chi connectivity index (χ4v) is 3.77. The molecule has 0 saturated heterocycles. The van der Waals surface area contributed by atoms with Crippen LogP contribution < -0.4 is 5.32 Å². The van der Waals surface area contributed by atoms with Gasteiger partial charge in [-0.25, -0.2) is 8.42 Å². The van der Waals surface area contributed by atoms with Crippen molar-refractivity contribution in [2.75, 3.05) is 32.6 Å². The molecule has 0 aromatic carbocycles. The SMILES string of the molecule is CNc1ccncc1S(=O)(=O)N(CCOC)C1CC1. The van der Waals surface area contributed by atoms with Gasteiger partial charge in [0.1, 0.15) is 4.90 Å². The second-order valence-electron chi connectivity index (χ2n) is 4.46. The first kappa shape index (κ1) is 14.2. The molecule has 0 bridgehead atoms. The minimum atomic E-state index is -3.52. The molecule has 6 nitrogen and oxygen atoms in total. The quantitative estimate of drug-likeness (QED) is 0.806. The van der Waals surface area contributed by atoms with Crippen molar-refractivity contribution in [1.82, 2.24) is 9.29 Å². The third-order valence-corrected chi connectivity index (χ3v) is 5.09. The molecule has 0 radical (unpaired) electrons. The Morgan fingerprint density at radius 1 is 1.53 bits per heavy atom. The number of aromatic nitrogens is 1. The Bertz CT molecular complexity index is 529. The third kappa shape index (κ3) is 3.05.